The Morgan fingerprint density at radius 2 is 2.00 bits per heavy atom. The van der Waals surface area contributed by atoms with Gasteiger partial charge in [-0.2, -0.15) is 8.78 Å². The van der Waals surface area contributed by atoms with Crippen molar-refractivity contribution in [1.82, 2.24) is 0 Å². The molecule has 1 fully saturated rings. The van der Waals surface area contributed by atoms with Crippen LogP contribution in [0.15, 0.2) is 0 Å². The van der Waals surface area contributed by atoms with Gasteiger partial charge < -0.3 is 0 Å². The van der Waals surface area contributed by atoms with Crippen molar-refractivity contribution in [3.05, 3.63) is 0 Å². The van der Waals surface area contributed by atoms with Gasteiger partial charge in [0.2, 0.25) is 0 Å². The topological polar surface area (TPSA) is 0 Å². The summed E-state index contributed by atoms with van der Waals surface area (Å²) in [5.41, 5.74) is 0. The number of hydrogen-bond donors (Lipinski definition) is 0. The zero-order valence-corrected chi connectivity index (χ0v) is 6.78. The lowest BCUT2D eigenvalue weighted by molar-refractivity contribution is -0.00430. The van der Waals surface area contributed by atoms with Crippen molar-refractivity contribution in [1.29, 1.82) is 0 Å². The fraction of sp³-hybridized carbons (Fsp3) is 1.00. The van der Waals surface area contributed by atoms with Gasteiger partial charge in [0.1, 0.15) is 0 Å². The Labute approximate surface area is 66.1 Å². The van der Waals surface area contributed by atoms with Gasteiger partial charge in [-0.1, -0.05) is 30.3 Å². The third kappa shape index (κ3) is 1.23. The fourth-order valence-electron chi connectivity index (χ4n) is 0.860. The van der Waals surface area contributed by atoms with Crippen molar-refractivity contribution >= 4 is 23.4 Å². The molecule has 60 valence electrons. The standard InChI is InChI=1S/C5H6ClF3S/c1-3-2-4(6,7)5(8,9)10-3/h3H,2H2,1H3. The minimum atomic E-state index is -3.42. The molecule has 0 N–H and O–H groups in total. The van der Waals surface area contributed by atoms with Crippen LogP contribution in [-0.4, -0.2) is 15.6 Å². The van der Waals surface area contributed by atoms with Crippen molar-refractivity contribution < 1.29 is 13.2 Å². The molecule has 1 heterocycles. The smallest absolute Gasteiger partial charge is 0.218 e. The molecule has 0 aromatic carbocycles. The Kier molecular flexibility index (Phi) is 1.88. The summed E-state index contributed by atoms with van der Waals surface area (Å²) >= 11 is 5.21. The quantitative estimate of drug-likeness (QED) is 0.529. The molecule has 10 heavy (non-hydrogen) atoms. The van der Waals surface area contributed by atoms with E-state index in [1.807, 2.05) is 0 Å². The van der Waals surface area contributed by atoms with Crippen LogP contribution in [0.25, 0.3) is 0 Å². The largest absolute Gasteiger partial charge is 0.341 e. The zero-order chi connectivity index (χ0) is 7.99. The van der Waals surface area contributed by atoms with E-state index in [-0.39, 0.29) is 18.2 Å². The highest BCUT2D eigenvalue weighted by molar-refractivity contribution is 8.01. The molecule has 0 saturated carbocycles. The molecule has 5 heteroatoms. The van der Waals surface area contributed by atoms with Gasteiger partial charge in [-0.25, -0.2) is 4.39 Å². The average Bonchev–Trinajstić information content (AvgIpc) is 1.73. The number of halogens is 4. The van der Waals surface area contributed by atoms with Crippen LogP contribution in [0.2, 0.25) is 0 Å². The highest BCUT2D eigenvalue weighted by atomic mass is 35.5. The average molecular weight is 191 g/mol. The van der Waals surface area contributed by atoms with Crippen molar-refractivity contribution in [2.24, 2.45) is 0 Å². The summed E-state index contributed by atoms with van der Waals surface area (Å²) in [5, 5.41) is -6.66. The Morgan fingerprint density at radius 1 is 1.50 bits per heavy atom. The van der Waals surface area contributed by atoms with Crippen LogP contribution >= 0.6 is 23.4 Å². The molecule has 0 radical (unpaired) electrons. The molecular formula is C5H6ClF3S. The van der Waals surface area contributed by atoms with E-state index < -0.39 is 15.6 Å². The van der Waals surface area contributed by atoms with Crippen LogP contribution in [0.3, 0.4) is 0 Å². The Balaban J connectivity index is 2.78. The molecule has 0 bridgehead atoms. The second kappa shape index (κ2) is 2.21. The van der Waals surface area contributed by atoms with Gasteiger partial charge in [0, 0.05) is 11.7 Å². The van der Waals surface area contributed by atoms with E-state index in [4.69, 9.17) is 11.6 Å². The minimum Gasteiger partial charge on any atom is -0.218 e. The second-order valence-electron chi connectivity index (χ2n) is 2.35. The first-order chi connectivity index (χ1) is 4.35. The maximum Gasteiger partial charge on any atom is 0.341 e. The van der Waals surface area contributed by atoms with E-state index in [0.717, 1.165) is 0 Å². The van der Waals surface area contributed by atoms with Crippen LogP contribution < -0.4 is 0 Å². The van der Waals surface area contributed by atoms with Gasteiger partial charge in [0.25, 0.3) is 5.13 Å². The second-order valence-corrected chi connectivity index (χ2v) is 4.51. The van der Waals surface area contributed by atoms with Gasteiger partial charge in [0.05, 0.1) is 0 Å². The van der Waals surface area contributed by atoms with E-state index in [1.165, 1.54) is 6.92 Å². The van der Waals surface area contributed by atoms with Crippen molar-refractivity contribution in [2.75, 3.05) is 0 Å². The highest BCUT2D eigenvalue weighted by Gasteiger charge is 2.61. The predicted molar refractivity (Wildman–Crippen MR) is 36.3 cm³/mol. The van der Waals surface area contributed by atoms with Crippen molar-refractivity contribution in [3.8, 4) is 0 Å². The summed E-state index contributed by atoms with van der Waals surface area (Å²) in [4.78, 5) is 0. The molecule has 2 unspecified atom stereocenters. The molecule has 0 spiro atoms. The summed E-state index contributed by atoms with van der Waals surface area (Å²) in [6, 6.07) is 0. The lowest BCUT2D eigenvalue weighted by Gasteiger charge is -2.17. The summed E-state index contributed by atoms with van der Waals surface area (Å²) in [6.45, 7) is 1.53. The molecule has 0 nitrogen and oxygen atoms in total. The zero-order valence-electron chi connectivity index (χ0n) is 5.20. The summed E-state index contributed by atoms with van der Waals surface area (Å²) < 4.78 is 37.5. The maximum absolute atomic E-state index is 12.6. The number of alkyl halides is 4. The first-order valence-corrected chi connectivity index (χ1v) is 4.04. The van der Waals surface area contributed by atoms with Crippen LogP contribution in [0.5, 0.6) is 0 Å². The summed E-state index contributed by atoms with van der Waals surface area (Å²) in [6.07, 6.45) is -0.285. The monoisotopic (exact) mass is 190 g/mol. The number of rotatable bonds is 0. The Bertz CT molecular complexity index is 132. The van der Waals surface area contributed by atoms with Gasteiger partial charge in [-0.3, -0.25) is 0 Å². The molecule has 1 aliphatic rings. The van der Waals surface area contributed by atoms with E-state index in [1.54, 1.807) is 0 Å². The molecule has 0 aromatic heterocycles. The molecular weight excluding hydrogens is 185 g/mol. The Morgan fingerprint density at radius 3 is 2.10 bits per heavy atom. The number of thioether (sulfide) groups is 1. The third-order valence-corrected chi connectivity index (χ3v) is 3.01. The van der Waals surface area contributed by atoms with Gasteiger partial charge in [0.15, 0.2) is 0 Å². The molecule has 2 atom stereocenters. The normalized spacial score (nSPS) is 45.9. The first-order valence-electron chi connectivity index (χ1n) is 2.78. The molecule has 1 rings (SSSR count). The van der Waals surface area contributed by atoms with E-state index in [2.05, 4.69) is 0 Å². The SMILES string of the molecule is CC1CC(F)(Cl)C(F)(F)S1. The Hall–Kier alpha value is 0.430. The van der Waals surface area contributed by atoms with E-state index in [0.29, 0.717) is 0 Å². The fourth-order valence-corrected chi connectivity index (χ4v) is 2.39. The van der Waals surface area contributed by atoms with E-state index >= 15 is 0 Å². The van der Waals surface area contributed by atoms with Gasteiger partial charge >= 0.3 is 5.25 Å². The first kappa shape index (κ1) is 8.53. The van der Waals surface area contributed by atoms with Crippen molar-refractivity contribution in [2.45, 2.75) is 29.0 Å². The molecule has 1 saturated heterocycles. The summed E-state index contributed by atoms with van der Waals surface area (Å²) in [5.74, 6) is 0. The molecule has 0 amide bonds. The number of hydrogen-bond acceptors (Lipinski definition) is 1. The molecule has 1 aliphatic heterocycles. The van der Waals surface area contributed by atoms with Crippen molar-refractivity contribution in [3.63, 3.8) is 0 Å². The third-order valence-electron chi connectivity index (χ3n) is 1.32. The lowest BCUT2D eigenvalue weighted by atomic mass is 10.2. The summed E-state index contributed by atoms with van der Waals surface area (Å²) in [7, 11) is 0. The molecule has 0 aliphatic carbocycles. The van der Waals surface area contributed by atoms with Gasteiger partial charge in [-0.15, -0.1) is 0 Å². The maximum atomic E-state index is 12.6. The predicted octanol–water partition coefficient (Wildman–Crippen LogP) is 3.01. The highest BCUT2D eigenvalue weighted by Crippen LogP contribution is 2.56. The van der Waals surface area contributed by atoms with Crippen LogP contribution in [0, 0.1) is 0 Å². The van der Waals surface area contributed by atoms with Gasteiger partial charge in [-0.05, 0) is 0 Å². The molecule has 0 aromatic rings. The van der Waals surface area contributed by atoms with Crippen LogP contribution in [0.4, 0.5) is 13.2 Å². The minimum absolute atomic E-state index is 0.285. The lowest BCUT2D eigenvalue weighted by Crippen LogP contribution is -2.30. The van der Waals surface area contributed by atoms with Crippen LogP contribution in [-0.2, 0) is 0 Å². The van der Waals surface area contributed by atoms with E-state index in [9.17, 15) is 13.2 Å². The van der Waals surface area contributed by atoms with Crippen LogP contribution in [0.1, 0.15) is 13.3 Å².